The molecular formula is C24H29N3O4. The molecule has 164 valence electrons. The molecule has 0 aromatic heterocycles. The molecule has 2 N–H and O–H groups in total. The van der Waals surface area contributed by atoms with Gasteiger partial charge in [0.05, 0.1) is 12.8 Å². The second kappa shape index (κ2) is 8.06. The fourth-order valence-electron chi connectivity index (χ4n) is 3.61. The second-order valence-electron chi connectivity index (χ2n) is 8.92. The quantitative estimate of drug-likeness (QED) is 0.717. The number of imide groups is 1. The monoisotopic (exact) mass is 423 g/mol. The van der Waals surface area contributed by atoms with E-state index in [2.05, 4.69) is 31.4 Å². The van der Waals surface area contributed by atoms with Crippen LogP contribution in [0.1, 0.15) is 45.7 Å². The highest BCUT2D eigenvalue weighted by Gasteiger charge is 2.51. The minimum Gasteiger partial charge on any atom is -0.495 e. The zero-order chi connectivity index (χ0) is 23.0. The number of anilines is 1. The Morgan fingerprint density at radius 1 is 1.10 bits per heavy atom. The van der Waals surface area contributed by atoms with Crippen LogP contribution < -0.4 is 15.4 Å². The molecule has 0 saturated carbocycles. The van der Waals surface area contributed by atoms with Gasteiger partial charge in [-0.1, -0.05) is 57.2 Å². The summed E-state index contributed by atoms with van der Waals surface area (Å²) in [5.41, 5.74) is 0.984. The maximum atomic E-state index is 13.3. The number of para-hydroxylation sites is 2. The Labute approximate surface area is 182 Å². The number of carbonyl (C=O) groups is 3. The molecule has 1 saturated heterocycles. The van der Waals surface area contributed by atoms with Crippen molar-refractivity contribution < 1.29 is 19.1 Å². The molecule has 2 atom stereocenters. The van der Waals surface area contributed by atoms with Gasteiger partial charge in [-0.2, -0.15) is 0 Å². The molecule has 1 aliphatic rings. The SMILES string of the molecule is COc1ccccc1NC(=O)C(C)N1C(=O)NC(C)(c2ccc(C(C)(C)C)cc2)C1=O. The van der Waals surface area contributed by atoms with E-state index >= 15 is 0 Å². The van der Waals surface area contributed by atoms with Crippen molar-refractivity contribution >= 4 is 23.5 Å². The van der Waals surface area contributed by atoms with Crippen LogP contribution >= 0.6 is 0 Å². The number of hydrogen-bond donors (Lipinski definition) is 2. The highest BCUT2D eigenvalue weighted by atomic mass is 16.5. The van der Waals surface area contributed by atoms with E-state index in [1.165, 1.54) is 14.0 Å². The van der Waals surface area contributed by atoms with Crippen molar-refractivity contribution in [2.24, 2.45) is 0 Å². The summed E-state index contributed by atoms with van der Waals surface area (Å²) in [4.78, 5) is 39.8. The molecule has 0 spiro atoms. The van der Waals surface area contributed by atoms with Crippen molar-refractivity contribution in [1.82, 2.24) is 10.2 Å². The minimum atomic E-state index is -1.24. The average molecular weight is 424 g/mol. The fourth-order valence-corrected chi connectivity index (χ4v) is 3.61. The van der Waals surface area contributed by atoms with Crippen molar-refractivity contribution in [3.05, 3.63) is 59.7 Å². The Kier molecular flexibility index (Phi) is 5.81. The van der Waals surface area contributed by atoms with Gasteiger partial charge in [0.15, 0.2) is 0 Å². The van der Waals surface area contributed by atoms with Crippen molar-refractivity contribution in [3.8, 4) is 5.75 Å². The number of rotatable bonds is 5. The molecule has 31 heavy (non-hydrogen) atoms. The number of benzene rings is 2. The molecule has 0 radical (unpaired) electrons. The first-order chi connectivity index (χ1) is 14.5. The first-order valence-corrected chi connectivity index (χ1v) is 10.2. The van der Waals surface area contributed by atoms with E-state index in [1.54, 1.807) is 31.2 Å². The number of urea groups is 1. The Morgan fingerprint density at radius 2 is 1.71 bits per heavy atom. The lowest BCUT2D eigenvalue weighted by Gasteiger charge is -2.26. The van der Waals surface area contributed by atoms with Gasteiger partial charge >= 0.3 is 6.03 Å². The number of amides is 4. The van der Waals surface area contributed by atoms with E-state index in [0.717, 1.165) is 10.5 Å². The lowest BCUT2D eigenvalue weighted by molar-refractivity contribution is -0.136. The van der Waals surface area contributed by atoms with E-state index in [-0.39, 0.29) is 5.41 Å². The van der Waals surface area contributed by atoms with Crippen LogP contribution in [0.5, 0.6) is 5.75 Å². The van der Waals surface area contributed by atoms with Crippen LogP contribution in [0, 0.1) is 0 Å². The van der Waals surface area contributed by atoms with Crippen LogP contribution in [0.3, 0.4) is 0 Å². The molecule has 4 amide bonds. The Bertz CT molecular complexity index is 1010. The van der Waals surface area contributed by atoms with Crippen LogP contribution in [-0.2, 0) is 20.5 Å². The molecule has 0 bridgehead atoms. The van der Waals surface area contributed by atoms with Crippen molar-refractivity contribution in [2.45, 2.75) is 51.6 Å². The van der Waals surface area contributed by atoms with Gasteiger partial charge in [0.2, 0.25) is 5.91 Å². The summed E-state index contributed by atoms with van der Waals surface area (Å²) < 4.78 is 5.24. The molecule has 1 heterocycles. The summed E-state index contributed by atoms with van der Waals surface area (Å²) in [6.07, 6.45) is 0. The van der Waals surface area contributed by atoms with Gasteiger partial charge < -0.3 is 15.4 Å². The Morgan fingerprint density at radius 3 is 2.29 bits per heavy atom. The number of methoxy groups -OCH3 is 1. The average Bonchev–Trinajstić information content (AvgIpc) is 2.96. The van der Waals surface area contributed by atoms with Crippen molar-refractivity contribution in [1.29, 1.82) is 0 Å². The van der Waals surface area contributed by atoms with Crippen molar-refractivity contribution in [2.75, 3.05) is 12.4 Å². The third-order valence-electron chi connectivity index (χ3n) is 5.68. The minimum absolute atomic E-state index is 0.0283. The molecule has 7 nitrogen and oxygen atoms in total. The third-order valence-corrected chi connectivity index (χ3v) is 5.68. The summed E-state index contributed by atoms with van der Waals surface area (Å²) in [6.45, 7) is 9.50. The molecule has 7 heteroatoms. The van der Waals surface area contributed by atoms with Crippen molar-refractivity contribution in [3.63, 3.8) is 0 Å². The lowest BCUT2D eigenvalue weighted by atomic mass is 9.84. The van der Waals surface area contributed by atoms with Crippen LogP contribution in [0.25, 0.3) is 0 Å². The van der Waals surface area contributed by atoms with Crippen LogP contribution in [0.2, 0.25) is 0 Å². The summed E-state index contributed by atoms with van der Waals surface area (Å²) in [5, 5.41) is 5.49. The molecular weight excluding hydrogens is 394 g/mol. The summed E-state index contributed by atoms with van der Waals surface area (Å²) in [7, 11) is 1.50. The molecule has 2 unspecified atom stereocenters. The summed E-state index contributed by atoms with van der Waals surface area (Å²) >= 11 is 0. The van der Waals surface area contributed by atoms with Gasteiger partial charge in [0, 0.05) is 0 Å². The first-order valence-electron chi connectivity index (χ1n) is 10.2. The Hall–Kier alpha value is -3.35. The fraction of sp³-hybridized carbons (Fsp3) is 0.375. The number of ether oxygens (including phenoxy) is 1. The molecule has 1 fully saturated rings. The molecule has 0 aliphatic carbocycles. The predicted octanol–water partition coefficient (Wildman–Crippen LogP) is 3.79. The number of carbonyl (C=O) groups excluding carboxylic acids is 3. The van der Waals surface area contributed by atoms with E-state index in [9.17, 15) is 14.4 Å². The summed E-state index contributed by atoms with van der Waals surface area (Å²) in [5.74, 6) is -0.465. The zero-order valence-electron chi connectivity index (χ0n) is 18.8. The molecule has 2 aromatic carbocycles. The van der Waals surface area contributed by atoms with E-state index < -0.39 is 29.4 Å². The lowest BCUT2D eigenvalue weighted by Crippen LogP contribution is -2.47. The van der Waals surface area contributed by atoms with Crippen LogP contribution in [0.15, 0.2) is 48.5 Å². The molecule has 1 aliphatic heterocycles. The largest absolute Gasteiger partial charge is 0.495 e. The van der Waals surface area contributed by atoms with Crippen LogP contribution in [-0.4, -0.2) is 35.9 Å². The van der Waals surface area contributed by atoms with Gasteiger partial charge in [-0.25, -0.2) is 9.69 Å². The van der Waals surface area contributed by atoms with Gasteiger partial charge in [-0.15, -0.1) is 0 Å². The topological polar surface area (TPSA) is 87.7 Å². The maximum absolute atomic E-state index is 13.3. The normalized spacial score (nSPS) is 19.7. The maximum Gasteiger partial charge on any atom is 0.326 e. The van der Waals surface area contributed by atoms with E-state index in [0.29, 0.717) is 17.0 Å². The van der Waals surface area contributed by atoms with Gasteiger partial charge in [0.1, 0.15) is 17.3 Å². The van der Waals surface area contributed by atoms with E-state index in [1.807, 2.05) is 24.3 Å². The third kappa shape index (κ3) is 4.13. The first kappa shape index (κ1) is 22.3. The standard InChI is InChI=1S/C24H29N3O4/c1-15(20(28)25-18-9-7-8-10-19(18)31-6)27-21(29)24(5,26-22(27)30)17-13-11-16(12-14-17)23(2,3)4/h7-15H,1-6H3,(H,25,28)(H,26,30). The van der Waals surface area contributed by atoms with E-state index in [4.69, 9.17) is 4.74 Å². The van der Waals surface area contributed by atoms with Gasteiger partial charge in [0.25, 0.3) is 5.91 Å². The predicted molar refractivity (Wildman–Crippen MR) is 119 cm³/mol. The van der Waals surface area contributed by atoms with Gasteiger partial charge in [-0.3, -0.25) is 9.59 Å². The highest BCUT2D eigenvalue weighted by Crippen LogP contribution is 2.32. The smallest absolute Gasteiger partial charge is 0.326 e. The second-order valence-corrected chi connectivity index (χ2v) is 8.92. The number of hydrogen-bond acceptors (Lipinski definition) is 4. The van der Waals surface area contributed by atoms with Crippen LogP contribution in [0.4, 0.5) is 10.5 Å². The molecule has 3 rings (SSSR count). The van der Waals surface area contributed by atoms with Gasteiger partial charge in [-0.05, 0) is 42.5 Å². The Balaban J connectivity index is 1.82. The number of nitrogens with zero attached hydrogens (tertiary/aromatic N) is 1. The highest BCUT2D eigenvalue weighted by molar-refractivity contribution is 6.11. The zero-order valence-corrected chi connectivity index (χ0v) is 18.8. The number of nitrogens with one attached hydrogen (secondary N) is 2. The summed E-state index contributed by atoms with van der Waals surface area (Å²) in [6, 6.07) is 13.0. The molecule has 2 aromatic rings.